The molecule has 0 heterocycles. The molecule has 0 atom stereocenters. The number of nitrogens with one attached hydrogen (secondary N) is 1. The van der Waals surface area contributed by atoms with E-state index >= 15 is 0 Å². The molecule has 0 aliphatic carbocycles. The average molecular weight is 371 g/mol. The summed E-state index contributed by atoms with van der Waals surface area (Å²) in [6, 6.07) is 13.2. The van der Waals surface area contributed by atoms with Crippen LogP contribution in [0, 0.1) is 6.92 Å². The Morgan fingerprint density at radius 2 is 2.05 bits per heavy atom. The lowest BCUT2D eigenvalue weighted by molar-refractivity contribution is -0.113. The summed E-state index contributed by atoms with van der Waals surface area (Å²) in [5.74, 6) is 0.283. The van der Waals surface area contributed by atoms with Gasteiger partial charge >= 0.3 is 0 Å². The van der Waals surface area contributed by atoms with Crippen LogP contribution in [0.15, 0.2) is 51.8 Å². The van der Waals surface area contributed by atoms with Crippen molar-refractivity contribution in [1.82, 2.24) is 0 Å². The van der Waals surface area contributed by atoms with Crippen LogP contribution in [0.2, 0.25) is 5.02 Å². The van der Waals surface area contributed by atoms with Gasteiger partial charge in [-0.25, -0.2) is 0 Å². The van der Waals surface area contributed by atoms with E-state index in [0.717, 1.165) is 14.9 Å². The predicted octanol–water partition coefficient (Wildman–Crippen LogP) is 5.14. The number of rotatable bonds is 4. The van der Waals surface area contributed by atoms with E-state index in [-0.39, 0.29) is 5.91 Å². The smallest absolute Gasteiger partial charge is 0.234 e. The Balaban J connectivity index is 1.96. The summed E-state index contributed by atoms with van der Waals surface area (Å²) in [6.07, 6.45) is 0. The number of benzene rings is 2. The predicted molar refractivity (Wildman–Crippen MR) is 89.7 cm³/mol. The molecule has 1 amide bonds. The normalized spacial score (nSPS) is 10.3. The van der Waals surface area contributed by atoms with Crippen LogP contribution in [0.25, 0.3) is 0 Å². The van der Waals surface area contributed by atoms with Crippen LogP contribution in [0.4, 0.5) is 5.69 Å². The molecule has 0 aliphatic heterocycles. The number of carbonyl (C=O) groups is 1. The van der Waals surface area contributed by atoms with Crippen molar-refractivity contribution in [2.24, 2.45) is 0 Å². The first kappa shape index (κ1) is 15.4. The van der Waals surface area contributed by atoms with Crippen molar-refractivity contribution < 1.29 is 4.79 Å². The van der Waals surface area contributed by atoms with Crippen LogP contribution in [0.1, 0.15) is 5.56 Å². The monoisotopic (exact) mass is 369 g/mol. The van der Waals surface area contributed by atoms with Gasteiger partial charge in [0, 0.05) is 9.37 Å². The van der Waals surface area contributed by atoms with Gasteiger partial charge in [0.25, 0.3) is 0 Å². The van der Waals surface area contributed by atoms with Gasteiger partial charge in [0.1, 0.15) is 0 Å². The van der Waals surface area contributed by atoms with Gasteiger partial charge in [0.15, 0.2) is 0 Å². The van der Waals surface area contributed by atoms with Crippen molar-refractivity contribution in [3.05, 3.63) is 57.5 Å². The Morgan fingerprint density at radius 3 is 2.80 bits per heavy atom. The van der Waals surface area contributed by atoms with Crippen molar-refractivity contribution in [3.8, 4) is 0 Å². The molecule has 1 N–H and O–H groups in total. The quantitative estimate of drug-likeness (QED) is 0.755. The number of halogens is 2. The number of para-hydroxylation sites is 1. The zero-order valence-corrected chi connectivity index (χ0v) is 14.0. The first-order valence-corrected chi connectivity index (χ1v) is 8.15. The van der Waals surface area contributed by atoms with Crippen molar-refractivity contribution in [3.63, 3.8) is 0 Å². The van der Waals surface area contributed by atoms with Gasteiger partial charge in [-0.15, -0.1) is 11.8 Å². The second-order valence-electron chi connectivity index (χ2n) is 4.23. The molecule has 0 aromatic heterocycles. The molecule has 0 saturated heterocycles. The van der Waals surface area contributed by atoms with Crippen LogP contribution in [0.5, 0.6) is 0 Å². The fourth-order valence-electron chi connectivity index (χ4n) is 1.62. The minimum Gasteiger partial charge on any atom is -0.324 e. The highest BCUT2D eigenvalue weighted by Gasteiger charge is 2.07. The minimum absolute atomic E-state index is 0.0672. The Bertz CT molecular complexity index is 633. The zero-order chi connectivity index (χ0) is 14.5. The highest BCUT2D eigenvalue weighted by Crippen LogP contribution is 2.26. The molecule has 0 radical (unpaired) electrons. The number of amides is 1. The largest absolute Gasteiger partial charge is 0.324 e. The topological polar surface area (TPSA) is 29.1 Å². The molecule has 104 valence electrons. The minimum atomic E-state index is -0.0672. The third-order valence-corrected chi connectivity index (χ3v) is 4.64. The fourth-order valence-corrected chi connectivity index (χ4v) is 3.18. The Hall–Kier alpha value is -0.970. The number of hydrogen-bond donors (Lipinski definition) is 1. The highest BCUT2D eigenvalue weighted by atomic mass is 79.9. The summed E-state index contributed by atoms with van der Waals surface area (Å²) in [7, 11) is 0. The van der Waals surface area contributed by atoms with E-state index in [9.17, 15) is 4.79 Å². The van der Waals surface area contributed by atoms with E-state index in [4.69, 9.17) is 11.6 Å². The summed E-state index contributed by atoms with van der Waals surface area (Å²) in [5, 5.41) is 3.36. The summed E-state index contributed by atoms with van der Waals surface area (Å²) in [5.41, 5.74) is 1.80. The third-order valence-electron chi connectivity index (χ3n) is 2.66. The summed E-state index contributed by atoms with van der Waals surface area (Å²) >= 11 is 10.9. The number of hydrogen-bond acceptors (Lipinski definition) is 2. The van der Waals surface area contributed by atoms with Crippen LogP contribution >= 0.6 is 39.3 Å². The molecule has 0 spiro atoms. The molecule has 20 heavy (non-hydrogen) atoms. The highest BCUT2D eigenvalue weighted by molar-refractivity contribution is 9.10. The van der Waals surface area contributed by atoms with E-state index in [0.29, 0.717) is 16.5 Å². The van der Waals surface area contributed by atoms with Gasteiger partial charge in [-0.05, 0) is 36.8 Å². The van der Waals surface area contributed by atoms with Crippen LogP contribution in [-0.4, -0.2) is 11.7 Å². The number of anilines is 1. The number of carbonyl (C=O) groups excluding carboxylic acids is 1. The third kappa shape index (κ3) is 4.27. The van der Waals surface area contributed by atoms with Crippen LogP contribution in [-0.2, 0) is 4.79 Å². The van der Waals surface area contributed by atoms with E-state index in [1.54, 1.807) is 12.1 Å². The van der Waals surface area contributed by atoms with Gasteiger partial charge in [-0.1, -0.05) is 45.7 Å². The molecule has 0 saturated carbocycles. The van der Waals surface area contributed by atoms with E-state index in [2.05, 4.69) is 21.2 Å². The van der Waals surface area contributed by atoms with Crippen molar-refractivity contribution in [2.75, 3.05) is 11.1 Å². The Kier molecular flexibility index (Phi) is 5.52. The zero-order valence-electron chi connectivity index (χ0n) is 10.8. The maximum Gasteiger partial charge on any atom is 0.234 e. The first-order chi connectivity index (χ1) is 9.56. The lowest BCUT2D eigenvalue weighted by atomic mass is 10.2. The van der Waals surface area contributed by atoms with E-state index < -0.39 is 0 Å². The van der Waals surface area contributed by atoms with Crippen molar-refractivity contribution >= 4 is 50.9 Å². The summed E-state index contributed by atoms with van der Waals surface area (Å²) in [6.45, 7) is 2.03. The molecular formula is C15H13BrClNOS. The molecular weight excluding hydrogens is 358 g/mol. The molecule has 0 unspecified atom stereocenters. The van der Waals surface area contributed by atoms with E-state index in [1.165, 1.54) is 11.8 Å². The lowest BCUT2D eigenvalue weighted by Crippen LogP contribution is -2.14. The molecule has 5 heteroatoms. The van der Waals surface area contributed by atoms with Gasteiger partial charge in [0.05, 0.1) is 16.5 Å². The van der Waals surface area contributed by atoms with E-state index in [1.807, 2.05) is 37.3 Å². The van der Waals surface area contributed by atoms with Gasteiger partial charge in [-0.3, -0.25) is 4.79 Å². The second-order valence-corrected chi connectivity index (χ2v) is 6.57. The summed E-state index contributed by atoms with van der Waals surface area (Å²) < 4.78 is 1.01. The molecule has 0 bridgehead atoms. The van der Waals surface area contributed by atoms with Gasteiger partial charge in [0.2, 0.25) is 5.91 Å². The first-order valence-electron chi connectivity index (χ1n) is 5.99. The maximum atomic E-state index is 11.9. The Labute approximate surface area is 136 Å². The molecule has 0 fully saturated rings. The molecule has 2 nitrogen and oxygen atoms in total. The van der Waals surface area contributed by atoms with Gasteiger partial charge in [-0.2, -0.15) is 0 Å². The second kappa shape index (κ2) is 7.16. The maximum absolute atomic E-state index is 11.9. The molecule has 0 aliphatic rings. The number of thioether (sulfide) groups is 1. The van der Waals surface area contributed by atoms with Crippen LogP contribution < -0.4 is 5.32 Å². The lowest BCUT2D eigenvalue weighted by Gasteiger charge is -2.08. The molecule has 2 aromatic carbocycles. The SMILES string of the molecule is Cc1ccc(Br)cc1SCC(=O)Nc1ccccc1Cl. The molecule has 2 rings (SSSR count). The summed E-state index contributed by atoms with van der Waals surface area (Å²) in [4.78, 5) is 13.0. The van der Waals surface area contributed by atoms with Crippen LogP contribution in [0.3, 0.4) is 0 Å². The fraction of sp³-hybridized carbons (Fsp3) is 0.133. The number of aryl methyl sites for hydroxylation is 1. The standard InChI is InChI=1S/C15H13BrClNOS/c1-10-6-7-11(16)8-14(10)20-9-15(19)18-13-5-3-2-4-12(13)17/h2-8H,9H2,1H3,(H,18,19). The average Bonchev–Trinajstić information content (AvgIpc) is 2.42. The molecule has 2 aromatic rings. The van der Waals surface area contributed by atoms with Crippen molar-refractivity contribution in [2.45, 2.75) is 11.8 Å². The van der Waals surface area contributed by atoms with Gasteiger partial charge < -0.3 is 5.32 Å². The van der Waals surface area contributed by atoms with Crippen molar-refractivity contribution in [1.29, 1.82) is 0 Å². The Morgan fingerprint density at radius 1 is 1.30 bits per heavy atom.